The van der Waals surface area contributed by atoms with Crippen LogP contribution in [0.4, 0.5) is 0 Å². The fourth-order valence-electron chi connectivity index (χ4n) is 4.97. The van der Waals surface area contributed by atoms with E-state index in [2.05, 4.69) is 26.6 Å². The third-order valence-corrected chi connectivity index (χ3v) is 7.63. The first kappa shape index (κ1) is 43.6. The molecule has 0 aromatic rings. The van der Waals surface area contributed by atoms with Gasteiger partial charge in [0.1, 0.15) is 30.2 Å². The Morgan fingerprint density at radius 2 is 1.35 bits per heavy atom. The van der Waals surface area contributed by atoms with E-state index in [1.54, 1.807) is 0 Å². The van der Waals surface area contributed by atoms with Crippen molar-refractivity contribution in [2.24, 2.45) is 17.2 Å². The number of unbranched alkanes of at least 4 members (excludes halogenated alkanes) is 1. The maximum absolute atomic E-state index is 13.2. The van der Waals surface area contributed by atoms with Crippen LogP contribution in [0.2, 0.25) is 0 Å². The summed E-state index contributed by atoms with van der Waals surface area (Å²) in [6.07, 6.45) is -1.13. The van der Waals surface area contributed by atoms with Gasteiger partial charge < -0.3 is 64.0 Å². The molecule has 1 aliphatic rings. The molecule has 22 nitrogen and oxygen atoms in total. The number of carbonyl (C=O) groups excluding carboxylic acids is 7. The second kappa shape index (κ2) is 21.7. The molecule has 14 N–H and O–H groups in total. The standard InChI is InChI=1S/C29H47N9O13/c1-14(28(49)38-10-4-6-19(38)29(50)51)34-21(40)13-33-25(46)16(7-8-22(41)42)35-27(48)18(12-23(43)44)37-26(47)17(11-20(32)39)36-24(45)15(31)5-2-3-9-30/h14-19H,2-13,30-31H2,1H3,(H2,32,39)(H,33,46)(H,34,40)(H,35,48)(H,36,45)(H,37,47)(H,41,42)(H,43,44)(H,50,51)/t14-,15-,16-,17-,18-,19-/m0/s1. The predicted octanol–water partition coefficient (Wildman–Crippen LogP) is -5.19. The van der Waals surface area contributed by atoms with Gasteiger partial charge in [0.2, 0.25) is 41.4 Å². The summed E-state index contributed by atoms with van der Waals surface area (Å²) in [5.41, 5.74) is 16.4. The van der Waals surface area contributed by atoms with Crippen LogP contribution in [-0.4, -0.2) is 135 Å². The Morgan fingerprint density at radius 1 is 0.765 bits per heavy atom. The molecular weight excluding hydrogens is 682 g/mol. The van der Waals surface area contributed by atoms with E-state index in [9.17, 15) is 58.2 Å². The molecular formula is C29H47N9O13. The Hall–Kier alpha value is -5.38. The number of aliphatic carboxylic acids is 3. The normalized spacial score (nSPS) is 16.7. The minimum absolute atomic E-state index is 0.172. The average Bonchev–Trinajstić information content (AvgIpc) is 3.54. The smallest absolute Gasteiger partial charge is 0.326 e. The van der Waals surface area contributed by atoms with Crippen LogP contribution in [0.15, 0.2) is 0 Å². The van der Waals surface area contributed by atoms with Crippen LogP contribution in [0.1, 0.15) is 64.7 Å². The van der Waals surface area contributed by atoms with Gasteiger partial charge in [0.15, 0.2) is 0 Å². The Kier molecular flexibility index (Phi) is 18.5. The van der Waals surface area contributed by atoms with Crippen molar-refractivity contribution < 1.29 is 63.3 Å². The number of hydrogen-bond acceptors (Lipinski definition) is 12. The number of nitrogens with one attached hydrogen (secondary N) is 5. The van der Waals surface area contributed by atoms with Crippen molar-refractivity contribution in [3.8, 4) is 0 Å². The number of rotatable bonds is 23. The molecule has 22 heteroatoms. The van der Waals surface area contributed by atoms with E-state index in [4.69, 9.17) is 22.3 Å². The number of primary amides is 1. The van der Waals surface area contributed by atoms with E-state index >= 15 is 0 Å². The third-order valence-electron chi connectivity index (χ3n) is 7.63. The molecule has 7 amide bonds. The maximum Gasteiger partial charge on any atom is 0.326 e. The van der Waals surface area contributed by atoms with E-state index in [1.807, 2.05) is 0 Å². The number of nitrogens with two attached hydrogens (primary N) is 3. The van der Waals surface area contributed by atoms with Crippen molar-refractivity contribution in [2.75, 3.05) is 19.6 Å². The van der Waals surface area contributed by atoms with Crippen LogP contribution >= 0.6 is 0 Å². The number of carboxylic acids is 3. The highest BCUT2D eigenvalue weighted by Crippen LogP contribution is 2.18. The van der Waals surface area contributed by atoms with Crippen molar-refractivity contribution in [1.29, 1.82) is 0 Å². The van der Waals surface area contributed by atoms with Crippen LogP contribution in [0.5, 0.6) is 0 Å². The van der Waals surface area contributed by atoms with E-state index in [0.717, 1.165) is 4.90 Å². The van der Waals surface area contributed by atoms with Gasteiger partial charge in [-0.2, -0.15) is 0 Å². The van der Waals surface area contributed by atoms with Gasteiger partial charge in [0.25, 0.3) is 0 Å². The molecule has 0 aromatic heterocycles. The van der Waals surface area contributed by atoms with Crippen LogP contribution in [0, 0.1) is 0 Å². The first-order chi connectivity index (χ1) is 23.9. The number of hydrogen-bond donors (Lipinski definition) is 11. The van der Waals surface area contributed by atoms with E-state index < -0.39 is 128 Å². The first-order valence-electron chi connectivity index (χ1n) is 16.1. The summed E-state index contributed by atoms with van der Waals surface area (Å²) in [4.78, 5) is 124. The summed E-state index contributed by atoms with van der Waals surface area (Å²) >= 11 is 0. The summed E-state index contributed by atoms with van der Waals surface area (Å²) in [6, 6.07) is -8.61. The SMILES string of the molecule is C[C@H](NC(=O)CNC(=O)[C@H](CCC(=O)O)NC(=O)[C@H](CC(=O)O)NC(=O)[C@H](CC(N)=O)NC(=O)[C@@H](N)CCCCN)C(=O)N1CCC[C@H]1C(=O)O. The lowest BCUT2D eigenvalue weighted by atomic mass is 10.1. The first-order valence-corrected chi connectivity index (χ1v) is 16.1. The molecule has 1 aliphatic heterocycles. The zero-order valence-electron chi connectivity index (χ0n) is 28.1. The largest absolute Gasteiger partial charge is 0.481 e. The lowest BCUT2D eigenvalue weighted by Crippen LogP contribution is -2.59. The van der Waals surface area contributed by atoms with Crippen LogP contribution in [-0.2, 0) is 47.9 Å². The summed E-state index contributed by atoms with van der Waals surface area (Å²) < 4.78 is 0. The van der Waals surface area contributed by atoms with Gasteiger partial charge in [-0.3, -0.25) is 43.2 Å². The number of carboxylic acid groups (broad SMARTS) is 3. The summed E-state index contributed by atoms with van der Waals surface area (Å²) in [5.74, 6) is -11.2. The molecule has 0 radical (unpaired) electrons. The lowest BCUT2D eigenvalue weighted by molar-refractivity contribution is -0.149. The van der Waals surface area contributed by atoms with E-state index in [0.29, 0.717) is 25.8 Å². The van der Waals surface area contributed by atoms with Crippen LogP contribution < -0.4 is 43.8 Å². The molecule has 1 rings (SSSR count). The lowest BCUT2D eigenvalue weighted by Gasteiger charge is -2.26. The van der Waals surface area contributed by atoms with Gasteiger partial charge in [-0.15, -0.1) is 0 Å². The summed E-state index contributed by atoms with van der Waals surface area (Å²) in [7, 11) is 0. The summed E-state index contributed by atoms with van der Waals surface area (Å²) in [6.45, 7) is 1.06. The van der Waals surface area contributed by atoms with Gasteiger partial charge >= 0.3 is 17.9 Å². The molecule has 0 saturated carbocycles. The molecule has 0 bridgehead atoms. The molecule has 1 saturated heterocycles. The minimum atomic E-state index is -1.92. The van der Waals surface area contributed by atoms with Gasteiger partial charge in [0, 0.05) is 13.0 Å². The molecule has 286 valence electrons. The Labute approximate surface area is 291 Å². The van der Waals surface area contributed by atoms with Gasteiger partial charge in [-0.05, 0) is 45.6 Å². The Bertz CT molecular complexity index is 1330. The quantitative estimate of drug-likeness (QED) is 0.0438. The molecule has 1 heterocycles. The topological polar surface area (TPSA) is 373 Å². The molecule has 6 atom stereocenters. The maximum atomic E-state index is 13.2. The zero-order chi connectivity index (χ0) is 38.8. The van der Waals surface area contributed by atoms with Crippen molar-refractivity contribution in [3.05, 3.63) is 0 Å². The molecule has 0 spiro atoms. The fraction of sp³-hybridized carbons (Fsp3) is 0.655. The third kappa shape index (κ3) is 15.8. The van der Waals surface area contributed by atoms with Crippen molar-refractivity contribution in [3.63, 3.8) is 0 Å². The van der Waals surface area contributed by atoms with E-state index in [1.165, 1.54) is 6.92 Å². The van der Waals surface area contributed by atoms with Crippen LogP contribution in [0.25, 0.3) is 0 Å². The number of carbonyl (C=O) groups is 10. The number of nitrogens with zero attached hydrogens (tertiary/aromatic N) is 1. The highest BCUT2D eigenvalue weighted by molar-refractivity contribution is 5.98. The predicted molar refractivity (Wildman–Crippen MR) is 173 cm³/mol. The zero-order valence-corrected chi connectivity index (χ0v) is 28.1. The molecule has 0 aliphatic carbocycles. The highest BCUT2D eigenvalue weighted by atomic mass is 16.4. The summed E-state index contributed by atoms with van der Waals surface area (Å²) in [5, 5.41) is 38.7. The second-order valence-corrected chi connectivity index (χ2v) is 11.8. The molecule has 0 aromatic carbocycles. The Morgan fingerprint density at radius 3 is 1.90 bits per heavy atom. The van der Waals surface area contributed by atoms with Crippen molar-refractivity contribution in [1.82, 2.24) is 31.5 Å². The van der Waals surface area contributed by atoms with Gasteiger partial charge in [-0.1, -0.05) is 6.42 Å². The minimum Gasteiger partial charge on any atom is -0.481 e. The van der Waals surface area contributed by atoms with Gasteiger partial charge in [0.05, 0.1) is 25.4 Å². The monoisotopic (exact) mass is 729 g/mol. The molecule has 51 heavy (non-hydrogen) atoms. The van der Waals surface area contributed by atoms with Gasteiger partial charge in [-0.25, -0.2) is 4.79 Å². The molecule has 1 fully saturated rings. The van der Waals surface area contributed by atoms with E-state index in [-0.39, 0.29) is 19.4 Å². The Balaban J connectivity index is 3.00. The van der Waals surface area contributed by atoms with Crippen molar-refractivity contribution >= 4 is 59.3 Å². The second-order valence-electron chi connectivity index (χ2n) is 11.8. The number of amides is 7. The fourth-order valence-corrected chi connectivity index (χ4v) is 4.97. The average molecular weight is 730 g/mol. The number of likely N-dealkylation sites (tertiary alicyclic amines) is 1. The highest BCUT2D eigenvalue weighted by Gasteiger charge is 2.37. The molecule has 0 unspecified atom stereocenters. The van der Waals surface area contributed by atoms with Crippen molar-refractivity contribution in [2.45, 2.75) is 101 Å². The van der Waals surface area contributed by atoms with Crippen LogP contribution in [0.3, 0.4) is 0 Å².